The molecule has 0 spiro atoms. The predicted molar refractivity (Wildman–Crippen MR) is 108 cm³/mol. The number of anilines is 2. The number of aryl methyl sites for hydroxylation is 1. The van der Waals surface area contributed by atoms with Crippen LogP contribution in [0, 0.1) is 19.3 Å². The summed E-state index contributed by atoms with van der Waals surface area (Å²) in [5.74, 6) is 0.0953. The summed E-state index contributed by atoms with van der Waals surface area (Å²) in [6, 6.07) is 6.36. The number of nitrogens with zero attached hydrogens (tertiary/aromatic N) is 2. The van der Waals surface area contributed by atoms with Gasteiger partial charge in [-0.3, -0.25) is 9.78 Å². The van der Waals surface area contributed by atoms with Crippen LogP contribution in [0.2, 0.25) is 0 Å². The van der Waals surface area contributed by atoms with Crippen molar-refractivity contribution in [2.24, 2.45) is 5.41 Å². The van der Waals surface area contributed by atoms with E-state index in [-0.39, 0.29) is 11.3 Å². The van der Waals surface area contributed by atoms with Crippen LogP contribution in [-0.2, 0) is 17.8 Å². The van der Waals surface area contributed by atoms with Gasteiger partial charge in [0.05, 0.1) is 0 Å². The smallest absolute Gasteiger partial charge is 0.224 e. The van der Waals surface area contributed by atoms with E-state index in [1.165, 1.54) is 22.4 Å². The van der Waals surface area contributed by atoms with Crippen LogP contribution in [0.4, 0.5) is 11.4 Å². The Morgan fingerprint density at radius 3 is 2.58 bits per heavy atom. The van der Waals surface area contributed by atoms with Crippen molar-refractivity contribution >= 4 is 17.3 Å². The molecule has 138 valence electrons. The molecular formula is C22H29N3O. The molecule has 0 saturated carbocycles. The van der Waals surface area contributed by atoms with Gasteiger partial charge in [-0.05, 0) is 60.1 Å². The monoisotopic (exact) mass is 351 g/mol. The zero-order valence-corrected chi connectivity index (χ0v) is 16.5. The molecule has 2 heterocycles. The number of fused-ring (bicyclic) bond motifs is 1. The Labute approximate surface area is 156 Å². The number of carbonyl (C=O) groups is 1. The molecule has 1 N–H and O–H groups in total. The quantitative estimate of drug-likeness (QED) is 0.876. The summed E-state index contributed by atoms with van der Waals surface area (Å²) in [6.07, 6.45) is 5.20. The summed E-state index contributed by atoms with van der Waals surface area (Å²) >= 11 is 0. The summed E-state index contributed by atoms with van der Waals surface area (Å²) in [5.41, 5.74) is 7.30. The van der Waals surface area contributed by atoms with Gasteiger partial charge in [-0.2, -0.15) is 0 Å². The van der Waals surface area contributed by atoms with Crippen LogP contribution < -0.4 is 10.2 Å². The lowest BCUT2D eigenvalue weighted by atomic mass is 9.90. The molecule has 4 heteroatoms. The molecule has 4 nitrogen and oxygen atoms in total. The Morgan fingerprint density at radius 1 is 1.23 bits per heavy atom. The van der Waals surface area contributed by atoms with Gasteiger partial charge in [-0.25, -0.2) is 0 Å². The Morgan fingerprint density at radius 2 is 1.92 bits per heavy atom. The first-order valence-electron chi connectivity index (χ1n) is 9.31. The topological polar surface area (TPSA) is 45.2 Å². The van der Waals surface area contributed by atoms with Crippen LogP contribution in [0.15, 0.2) is 30.6 Å². The zero-order chi connectivity index (χ0) is 18.9. The van der Waals surface area contributed by atoms with Crippen LogP contribution in [-0.4, -0.2) is 17.4 Å². The average Bonchev–Trinajstić information content (AvgIpc) is 2.57. The Hall–Kier alpha value is -2.36. The average molecular weight is 351 g/mol. The molecule has 1 aliphatic rings. The summed E-state index contributed by atoms with van der Waals surface area (Å²) in [6.45, 7) is 12.4. The van der Waals surface area contributed by atoms with Gasteiger partial charge in [0, 0.05) is 43.3 Å². The van der Waals surface area contributed by atoms with Crippen LogP contribution in [0.3, 0.4) is 0 Å². The van der Waals surface area contributed by atoms with Crippen molar-refractivity contribution < 1.29 is 4.79 Å². The first-order chi connectivity index (χ1) is 12.2. The highest BCUT2D eigenvalue weighted by Gasteiger charge is 2.23. The van der Waals surface area contributed by atoms with Crippen LogP contribution in [0.1, 0.15) is 49.4 Å². The van der Waals surface area contributed by atoms with Crippen molar-refractivity contribution in [1.29, 1.82) is 0 Å². The fraction of sp³-hybridized carbons (Fsp3) is 0.455. The second-order valence-corrected chi connectivity index (χ2v) is 8.49. The van der Waals surface area contributed by atoms with Crippen LogP contribution >= 0.6 is 0 Å². The minimum absolute atomic E-state index is 0.00879. The van der Waals surface area contributed by atoms with Gasteiger partial charge in [0.15, 0.2) is 0 Å². The van der Waals surface area contributed by atoms with E-state index in [4.69, 9.17) is 0 Å². The fourth-order valence-electron chi connectivity index (χ4n) is 3.76. The highest BCUT2D eigenvalue weighted by Crippen LogP contribution is 2.33. The van der Waals surface area contributed by atoms with E-state index < -0.39 is 0 Å². The van der Waals surface area contributed by atoms with E-state index in [2.05, 4.69) is 68.0 Å². The number of hydrogen-bond acceptors (Lipinski definition) is 3. The van der Waals surface area contributed by atoms with Crippen molar-refractivity contribution in [3.8, 4) is 0 Å². The van der Waals surface area contributed by atoms with Crippen molar-refractivity contribution in [2.75, 3.05) is 16.8 Å². The molecule has 1 aromatic heterocycles. The number of rotatable bonds is 3. The molecule has 0 bridgehead atoms. The first-order valence-corrected chi connectivity index (χ1v) is 9.31. The Kier molecular flexibility index (Phi) is 5.03. The number of nitrogens with one attached hydrogen (secondary N) is 1. The standard InChI is InChI=1S/C22H29N3O/c1-15-12-17-14-25(18-6-9-23-10-7-18)11-8-19(17)16(2)21(15)24-20(26)13-22(3,4)5/h6-7,9-10,12H,8,11,13-14H2,1-5H3,(H,24,26). The summed E-state index contributed by atoms with van der Waals surface area (Å²) in [4.78, 5) is 18.9. The lowest BCUT2D eigenvalue weighted by Crippen LogP contribution is -2.31. The molecule has 0 unspecified atom stereocenters. The molecule has 1 aliphatic heterocycles. The third-order valence-electron chi connectivity index (χ3n) is 4.98. The van der Waals surface area contributed by atoms with Gasteiger partial charge in [-0.15, -0.1) is 0 Å². The highest BCUT2D eigenvalue weighted by molar-refractivity contribution is 5.93. The van der Waals surface area contributed by atoms with Crippen molar-refractivity contribution in [3.63, 3.8) is 0 Å². The second-order valence-electron chi connectivity index (χ2n) is 8.49. The maximum atomic E-state index is 12.4. The molecule has 0 aliphatic carbocycles. The first kappa shape index (κ1) is 18.4. The van der Waals surface area contributed by atoms with Gasteiger partial charge in [0.25, 0.3) is 0 Å². The lowest BCUT2D eigenvalue weighted by molar-refractivity contribution is -0.117. The number of carbonyl (C=O) groups excluding carboxylic acids is 1. The number of hydrogen-bond donors (Lipinski definition) is 1. The van der Waals surface area contributed by atoms with E-state index in [0.29, 0.717) is 6.42 Å². The van der Waals surface area contributed by atoms with Crippen molar-refractivity contribution in [2.45, 2.75) is 54.0 Å². The maximum Gasteiger partial charge on any atom is 0.224 e. The summed E-state index contributed by atoms with van der Waals surface area (Å²) < 4.78 is 0. The van der Waals surface area contributed by atoms with Gasteiger partial charge in [0.1, 0.15) is 0 Å². The molecule has 26 heavy (non-hydrogen) atoms. The highest BCUT2D eigenvalue weighted by atomic mass is 16.1. The normalized spacial score (nSPS) is 14.1. The summed E-state index contributed by atoms with van der Waals surface area (Å²) in [5, 5.41) is 3.17. The Balaban J connectivity index is 1.84. The molecule has 0 atom stereocenters. The van der Waals surface area contributed by atoms with E-state index in [1.807, 2.05) is 12.4 Å². The number of amides is 1. The van der Waals surface area contributed by atoms with Gasteiger partial charge >= 0.3 is 0 Å². The molecule has 1 aromatic carbocycles. The van der Waals surface area contributed by atoms with E-state index in [1.54, 1.807) is 0 Å². The lowest BCUT2D eigenvalue weighted by Gasteiger charge is -2.33. The minimum atomic E-state index is -0.00879. The van der Waals surface area contributed by atoms with Crippen LogP contribution in [0.5, 0.6) is 0 Å². The predicted octanol–water partition coefficient (Wildman–Crippen LogP) is 4.64. The van der Waals surface area contributed by atoms with Gasteiger partial charge in [0.2, 0.25) is 5.91 Å². The number of pyridine rings is 1. The van der Waals surface area contributed by atoms with E-state index in [9.17, 15) is 4.79 Å². The van der Waals surface area contributed by atoms with E-state index in [0.717, 1.165) is 30.8 Å². The maximum absolute atomic E-state index is 12.4. The third kappa shape index (κ3) is 4.06. The largest absolute Gasteiger partial charge is 0.367 e. The second kappa shape index (κ2) is 7.10. The fourth-order valence-corrected chi connectivity index (χ4v) is 3.76. The molecule has 1 amide bonds. The Bertz CT molecular complexity index is 806. The van der Waals surface area contributed by atoms with Crippen molar-refractivity contribution in [3.05, 3.63) is 52.8 Å². The molecule has 0 radical (unpaired) electrons. The molecular weight excluding hydrogens is 322 g/mol. The third-order valence-corrected chi connectivity index (χ3v) is 4.98. The number of benzene rings is 1. The molecule has 0 fully saturated rings. The molecule has 0 saturated heterocycles. The zero-order valence-electron chi connectivity index (χ0n) is 16.5. The molecule has 3 rings (SSSR count). The minimum Gasteiger partial charge on any atom is -0.367 e. The van der Waals surface area contributed by atoms with Gasteiger partial charge < -0.3 is 10.2 Å². The summed E-state index contributed by atoms with van der Waals surface area (Å²) in [7, 11) is 0. The molecule has 2 aromatic rings. The van der Waals surface area contributed by atoms with Gasteiger partial charge in [-0.1, -0.05) is 26.8 Å². The number of aromatic nitrogens is 1. The van der Waals surface area contributed by atoms with E-state index >= 15 is 0 Å². The van der Waals surface area contributed by atoms with Crippen LogP contribution in [0.25, 0.3) is 0 Å². The van der Waals surface area contributed by atoms with Crippen molar-refractivity contribution in [1.82, 2.24) is 4.98 Å². The SMILES string of the molecule is Cc1cc2c(c(C)c1NC(=O)CC(C)(C)C)CCN(c1ccncc1)C2.